The molecule has 0 spiro atoms. The molecule has 0 atom stereocenters. The van der Waals surface area contributed by atoms with E-state index in [0.717, 1.165) is 48.7 Å². The van der Waals surface area contributed by atoms with Gasteiger partial charge in [-0.2, -0.15) is 0 Å². The normalized spacial score (nSPS) is 17.3. The second kappa shape index (κ2) is 8.71. The first-order valence-corrected chi connectivity index (χ1v) is 11.2. The van der Waals surface area contributed by atoms with Gasteiger partial charge in [0, 0.05) is 38.9 Å². The Morgan fingerprint density at radius 1 is 1.03 bits per heavy atom. The minimum absolute atomic E-state index is 0.132. The molecule has 2 aromatic carbocycles. The number of carbonyl (C=O) groups is 1. The smallest absolute Gasteiger partial charge is 0.232 e. The number of ketones is 1. The van der Waals surface area contributed by atoms with E-state index in [-0.39, 0.29) is 11.5 Å². The van der Waals surface area contributed by atoms with Crippen LogP contribution in [0.25, 0.3) is 6.08 Å². The molecule has 5 rings (SSSR count). The molecule has 3 aromatic rings. The van der Waals surface area contributed by atoms with Crippen LogP contribution < -0.4 is 9.64 Å². The van der Waals surface area contributed by atoms with Gasteiger partial charge in [0.15, 0.2) is 5.76 Å². The summed E-state index contributed by atoms with van der Waals surface area (Å²) in [6.07, 6.45) is 3.61. The Morgan fingerprint density at radius 2 is 1.79 bits per heavy atom. The molecular weight excluding hydrogens is 414 g/mol. The largest absolute Gasteiger partial charge is 0.507 e. The summed E-state index contributed by atoms with van der Waals surface area (Å²) in [6.45, 7) is 7.73. The molecule has 1 N–H and O–H groups in total. The van der Waals surface area contributed by atoms with Crippen molar-refractivity contribution in [3.8, 4) is 11.5 Å². The van der Waals surface area contributed by atoms with E-state index in [9.17, 15) is 9.90 Å². The van der Waals surface area contributed by atoms with Crippen LogP contribution in [0.5, 0.6) is 11.5 Å². The maximum absolute atomic E-state index is 13.2. The molecule has 6 heteroatoms. The number of phenolic OH excluding ortho intramolecular Hbond substituents is 1. The van der Waals surface area contributed by atoms with Crippen molar-refractivity contribution in [2.75, 3.05) is 31.1 Å². The van der Waals surface area contributed by atoms with Gasteiger partial charge in [0.25, 0.3) is 0 Å². The summed E-state index contributed by atoms with van der Waals surface area (Å²) in [5, 5.41) is 10.8. The fourth-order valence-corrected chi connectivity index (χ4v) is 4.52. The van der Waals surface area contributed by atoms with Gasteiger partial charge in [-0.05, 0) is 54.8 Å². The van der Waals surface area contributed by atoms with Gasteiger partial charge in [0.1, 0.15) is 17.3 Å². The van der Waals surface area contributed by atoms with Crippen molar-refractivity contribution in [2.45, 2.75) is 20.4 Å². The molecule has 1 fully saturated rings. The van der Waals surface area contributed by atoms with Gasteiger partial charge >= 0.3 is 0 Å². The Balaban J connectivity index is 1.38. The predicted molar refractivity (Wildman–Crippen MR) is 129 cm³/mol. The van der Waals surface area contributed by atoms with Crippen LogP contribution in [0.2, 0.25) is 0 Å². The van der Waals surface area contributed by atoms with Gasteiger partial charge < -0.3 is 14.7 Å². The predicted octanol–water partition coefficient (Wildman–Crippen LogP) is 4.34. The summed E-state index contributed by atoms with van der Waals surface area (Å²) in [4.78, 5) is 22.2. The number of rotatable bonds is 4. The number of pyridine rings is 1. The van der Waals surface area contributed by atoms with E-state index < -0.39 is 0 Å². The summed E-state index contributed by atoms with van der Waals surface area (Å²) in [7, 11) is 0. The zero-order chi connectivity index (χ0) is 22.9. The molecule has 2 aliphatic rings. The Kier molecular flexibility index (Phi) is 5.60. The SMILES string of the molecule is Cc1ccccc1/C=C1\Oc2c(CN3CCN(c4ccccn4)CC3)c(O)cc(C)c2C1=O. The number of phenols is 1. The molecule has 2 aliphatic heterocycles. The first-order chi connectivity index (χ1) is 16.0. The lowest BCUT2D eigenvalue weighted by Gasteiger charge is -2.35. The molecule has 0 bridgehead atoms. The topological polar surface area (TPSA) is 65.9 Å². The molecule has 6 nitrogen and oxygen atoms in total. The van der Waals surface area contributed by atoms with E-state index in [0.29, 0.717) is 29.2 Å². The highest BCUT2D eigenvalue weighted by Crippen LogP contribution is 2.42. The van der Waals surface area contributed by atoms with Gasteiger partial charge in [-0.3, -0.25) is 9.69 Å². The van der Waals surface area contributed by atoms with E-state index >= 15 is 0 Å². The number of fused-ring (bicyclic) bond motifs is 1. The second-order valence-electron chi connectivity index (χ2n) is 8.64. The average molecular weight is 442 g/mol. The number of benzene rings is 2. The van der Waals surface area contributed by atoms with Crippen molar-refractivity contribution in [1.29, 1.82) is 0 Å². The lowest BCUT2D eigenvalue weighted by Crippen LogP contribution is -2.46. The molecule has 168 valence electrons. The average Bonchev–Trinajstić information content (AvgIpc) is 3.15. The molecule has 0 aliphatic carbocycles. The minimum Gasteiger partial charge on any atom is -0.507 e. The van der Waals surface area contributed by atoms with Crippen molar-refractivity contribution < 1.29 is 14.6 Å². The third-order valence-corrected chi connectivity index (χ3v) is 6.42. The number of piperazine rings is 1. The van der Waals surface area contributed by atoms with Gasteiger partial charge in [0.05, 0.1) is 11.1 Å². The summed E-state index contributed by atoms with van der Waals surface area (Å²) >= 11 is 0. The highest BCUT2D eigenvalue weighted by molar-refractivity contribution is 6.16. The third-order valence-electron chi connectivity index (χ3n) is 6.42. The Labute approximate surface area is 193 Å². The molecular formula is C27H27N3O3. The Morgan fingerprint density at radius 3 is 2.52 bits per heavy atom. The second-order valence-corrected chi connectivity index (χ2v) is 8.64. The lowest BCUT2D eigenvalue weighted by atomic mass is 9.98. The monoisotopic (exact) mass is 441 g/mol. The van der Waals surface area contributed by atoms with Crippen LogP contribution in [0.15, 0.2) is 60.5 Å². The number of Topliss-reactive ketones (excluding diaryl/α,β-unsaturated/α-hetero) is 1. The van der Waals surface area contributed by atoms with Crippen molar-refractivity contribution in [3.05, 3.63) is 88.3 Å². The number of aromatic hydroxyl groups is 1. The lowest BCUT2D eigenvalue weighted by molar-refractivity contribution is 0.101. The number of anilines is 1. The van der Waals surface area contributed by atoms with Crippen LogP contribution in [0.4, 0.5) is 5.82 Å². The van der Waals surface area contributed by atoms with Crippen LogP contribution in [0.1, 0.15) is 32.6 Å². The molecule has 0 saturated carbocycles. The summed E-state index contributed by atoms with van der Waals surface area (Å²) in [6, 6.07) is 15.5. The number of nitrogens with zero attached hydrogens (tertiary/aromatic N) is 3. The van der Waals surface area contributed by atoms with Crippen molar-refractivity contribution >= 4 is 17.7 Å². The molecule has 0 radical (unpaired) electrons. The Hall–Kier alpha value is -3.64. The molecule has 33 heavy (non-hydrogen) atoms. The maximum atomic E-state index is 13.2. The Bertz CT molecular complexity index is 1230. The van der Waals surface area contributed by atoms with Crippen LogP contribution in [0, 0.1) is 13.8 Å². The summed E-state index contributed by atoms with van der Waals surface area (Å²) < 4.78 is 6.11. The number of ether oxygens (including phenoxy) is 1. The maximum Gasteiger partial charge on any atom is 0.232 e. The van der Waals surface area contributed by atoms with Gasteiger partial charge in [0.2, 0.25) is 5.78 Å². The van der Waals surface area contributed by atoms with Gasteiger partial charge in [-0.15, -0.1) is 0 Å². The quantitative estimate of drug-likeness (QED) is 0.608. The number of allylic oxidation sites excluding steroid dienone is 1. The van der Waals surface area contributed by atoms with E-state index in [1.165, 1.54) is 0 Å². The number of hydrogen-bond acceptors (Lipinski definition) is 6. The van der Waals surface area contributed by atoms with Crippen LogP contribution in [0.3, 0.4) is 0 Å². The standard InChI is InChI=1S/C27H27N3O3/c1-18-7-3-4-8-20(18)16-23-26(32)25-19(2)15-22(31)21(27(25)33-23)17-29-11-13-30(14-12-29)24-9-5-6-10-28-24/h3-10,15-16,31H,11-14,17H2,1-2H3/b23-16-. The van der Waals surface area contributed by atoms with E-state index in [1.54, 1.807) is 12.1 Å². The highest BCUT2D eigenvalue weighted by Gasteiger charge is 2.34. The van der Waals surface area contributed by atoms with Gasteiger partial charge in [-0.1, -0.05) is 30.3 Å². The van der Waals surface area contributed by atoms with E-state index in [1.807, 2.05) is 62.5 Å². The zero-order valence-corrected chi connectivity index (χ0v) is 18.9. The third kappa shape index (κ3) is 4.10. The van der Waals surface area contributed by atoms with Crippen molar-refractivity contribution in [3.63, 3.8) is 0 Å². The first kappa shape index (κ1) is 21.2. The molecule has 1 aromatic heterocycles. The van der Waals surface area contributed by atoms with Crippen LogP contribution in [-0.2, 0) is 6.54 Å². The van der Waals surface area contributed by atoms with Crippen LogP contribution in [-0.4, -0.2) is 47.0 Å². The minimum atomic E-state index is -0.132. The zero-order valence-electron chi connectivity index (χ0n) is 18.9. The summed E-state index contributed by atoms with van der Waals surface area (Å²) in [5.74, 6) is 1.81. The van der Waals surface area contributed by atoms with E-state index in [4.69, 9.17) is 4.74 Å². The fourth-order valence-electron chi connectivity index (χ4n) is 4.52. The fraction of sp³-hybridized carbons (Fsp3) is 0.259. The highest BCUT2D eigenvalue weighted by atomic mass is 16.5. The van der Waals surface area contributed by atoms with E-state index in [2.05, 4.69) is 14.8 Å². The molecule has 1 saturated heterocycles. The van der Waals surface area contributed by atoms with Gasteiger partial charge in [-0.25, -0.2) is 4.98 Å². The van der Waals surface area contributed by atoms with Crippen LogP contribution >= 0.6 is 0 Å². The molecule has 3 heterocycles. The number of hydrogen-bond donors (Lipinski definition) is 1. The van der Waals surface area contributed by atoms with Crippen molar-refractivity contribution in [2.24, 2.45) is 0 Å². The number of aromatic nitrogens is 1. The number of carbonyl (C=O) groups excluding carboxylic acids is 1. The summed E-state index contributed by atoms with van der Waals surface area (Å²) in [5.41, 5.74) is 3.97. The number of aryl methyl sites for hydroxylation is 2. The molecule has 0 unspecified atom stereocenters. The first-order valence-electron chi connectivity index (χ1n) is 11.2. The molecule has 0 amide bonds. The van der Waals surface area contributed by atoms with Crippen molar-refractivity contribution in [1.82, 2.24) is 9.88 Å².